The van der Waals surface area contributed by atoms with E-state index in [1.165, 1.54) is 25.2 Å². The van der Waals surface area contributed by atoms with Gasteiger partial charge in [0.1, 0.15) is 10.1 Å². The maximum atomic E-state index is 13.7. The molecule has 1 aromatic heterocycles. The molecule has 0 spiro atoms. The number of aromatic nitrogens is 1. The summed E-state index contributed by atoms with van der Waals surface area (Å²) in [5.74, 6) is -1.88. The van der Waals surface area contributed by atoms with Crippen LogP contribution >= 0.6 is 11.8 Å². The summed E-state index contributed by atoms with van der Waals surface area (Å²) in [7, 11) is -3.77. The largest absolute Gasteiger partial charge is 1.00 e. The van der Waals surface area contributed by atoms with E-state index >= 15 is 0 Å². The second kappa shape index (κ2) is 10.8. The molecule has 1 heterocycles. The molecule has 1 aliphatic rings. The normalized spacial score (nSPS) is 11.9. The molecule has 0 aliphatic heterocycles. The summed E-state index contributed by atoms with van der Waals surface area (Å²) in [5.41, 5.74) is 0.959. The Kier molecular flexibility index (Phi) is 8.70. The number of carboxylic acids is 1. The predicted octanol–water partition coefficient (Wildman–Crippen LogP) is -3.51. The number of carboxylic acid groups (broad SMARTS) is 1. The zero-order valence-corrected chi connectivity index (χ0v) is 26.0. The van der Waals surface area contributed by atoms with Gasteiger partial charge in [-0.05, 0) is 36.2 Å². The van der Waals surface area contributed by atoms with Crippen LogP contribution in [0, 0.1) is 6.92 Å². The van der Waals surface area contributed by atoms with Crippen LogP contribution in [-0.2, 0) is 17.2 Å². The van der Waals surface area contributed by atoms with E-state index in [0.29, 0.717) is 22.3 Å². The van der Waals surface area contributed by atoms with Crippen LogP contribution in [0.1, 0.15) is 31.8 Å². The Balaban J connectivity index is 0.00000190. The molecule has 0 bridgehead atoms. The van der Waals surface area contributed by atoms with Gasteiger partial charge >= 0.3 is 59.1 Å². The topological polar surface area (TPSA) is 136 Å². The van der Waals surface area contributed by atoms with Crippen molar-refractivity contribution in [3.8, 4) is 11.1 Å². The van der Waals surface area contributed by atoms with Gasteiger partial charge in [0.15, 0.2) is 5.78 Å². The number of rotatable bonds is 4. The molecule has 0 fully saturated rings. The van der Waals surface area contributed by atoms with E-state index < -0.39 is 32.3 Å². The Morgan fingerprint density at radius 3 is 2.19 bits per heavy atom. The van der Waals surface area contributed by atoms with Crippen LogP contribution in [0.4, 0.5) is 0 Å². The van der Waals surface area contributed by atoms with E-state index in [0.717, 1.165) is 22.4 Å². The van der Waals surface area contributed by atoms with E-state index in [1.807, 2.05) is 0 Å². The van der Waals surface area contributed by atoms with Crippen molar-refractivity contribution in [2.45, 2.75) is 21.6 Å². The van der Waals surface area contributed by atoms with Crippen LogP contribution < -0.4 is 69.8 Å². The standard InChI is InChI=1S/C25H17NO7S2.2Na/c1-12-7-8-17(16(9-12)25(29)30)34-18-11-19(35(31,32)33)23-21-15(10-20(27)26(23)2)13-5-3-4-6-14(13)24(28)22(18)21;;/h3-11H,1-2H3,(H,29,30)(H,31,32,33);;/q;2*+1/p-2. The zero-order chi connectivity index (χ0) is 25.2. The number of fused-ring (bicyclic) bond motifs is 2. The van der Waals surface area contributed by atoms with Gasteiger partial charge in [-0.25, -0.2) is 8.42 Å². The van der Waals surface area contributed by atoms with E-state index in [1.54, 1.807) is 37.3 Å². The Bertz CT molecular complexity index is 1800. The van der Waals surface area contributed by atoms with Gasteiger partial charge < -0.3 is 19.0 Å². The number of carbonyl (C=O) groups excluding carboxylic acids is 2. The summed E-state index contributed by atoms with van der Waals surface area (Å²) in [6.45, 7) is 1.70. The number of nitrogens with zero attached hydrogens (tertiary/aromatic N) is 1. The van der Waals surface area contributed by atoms with E-state index in [2.05, 4.69) is 0 Å². The summed E-state index contributed by atoms with van der Waals surface area (Å²) in [4.78, 5) is 37.8. The quantitative estimate of drug-likeness (QED) is 0.166. The molecule has 1 aliphatic carbocycles. The Labute approximate surface area is 260 Å². The molecule has 0 saturated carbocycles. The fraction of sp³-hybridized carbons (Fsp3) is 0.0800. The molecule has 12 heteroatoms. The smallest absolute Gasteiger partial charge is 0.744 e. The van der Waals surface area contributed by atoms with Gasteiger partial charge in [0.2, 0.25) is 0 Å². The van der Waals surface area contributed by atoms with Gasteiger partial charge in [0, 0.05) is 45.0 Å². The van der Waals surface area contributed by atoms with Crippen LogP contribution in [0.3, 0.4) is 0 Å². The fourth-order valence-corrected chi connectivity index (χ4v) is 6.30. The predicted molar refractivity (Wildman–Crippen MR) is 126 cm³/mol. The number of ketones is 1. The van der Waals surface area contributed by atoms with Crippen molar-refractivity contribution in [1.82, 2.24) is 4.57 Å². The van der Waals surface area contributed by atoms with Crippen molar-refractivity contribution >= 4 is 44.5 Å². The van der Waals surface area contributed by atoms with Crippen LogP contribution in [0.25, 0.3) is 22.0 Å². The van der Waals surface area contributed by atoms with Crippen LogP contribution in [-0.4, -0.2) is 29.3 Å². The van der Waals surface area contributed by atoms with Crippen molar-refractivity contribution in [3.63, 3.8) is 0 Å². The van der Waals surface area contributed by atoms with Crippen LogP contribution in [0.5, 0.6) is 0 Å². The maximum absolute atomic E-state index is 13.7. The molecule has 0 amide bonds. The summed E-state index contributed by atoms with van der Waals surface area (Å²) >= 11 is 0.846. The van der Waals surface area contributed by atoms with Gasteiger partial charge in [-0.2, -0.15) is 0 Å². The summed E-state index contributed by atoms with van der Waals surface area (Å²) in [5, 5.41) is 11.9. The Morgan fingerprint density at radius 2 is 1.57 bits per heavy atom. The molecule has 0 saturated heterocycles. The summed E-state index contributed by atoms with van der Waals surface area (Å²) < 4.78 is 38.0. The SMILES string of the molecule is Cc1ccc(Sc2cc(S(=O)(=O)[O-])c3c4c(cc(=O)n3C)-c3ccccc3C(=O)c24)c(C(=O)[O-])c1.[Na+].[Na+]. The molecule has 176 valence electrons. The van der Waals surface area contributed by atoms with Gasteiger partial charge in [0.05, 0.1) is 16.4 Å². The molecule has 0 atom stereocenters. The van der Waals surface area contributed by atoms with Crippen molar-refractivity contribution < 1.29 is 86.8 Å². The van der Waals surface area contributed by atoms with Gasteiger partial charge in [-0.3, -0.25) is 9.59 Å². The second-order valence-corrected chi connectivity index (χ2v) is 10.6. The molecule has 0 radical (unpaired) electrons. The minimum absolute atomic E-state index is 0. The monoisotopic (exact) mass is 551 g/mol. The first-order chi connectivity index (χ1) is 16.5. The van der Waals surface area contributed by atoms with E-state index in [9.17, 15) is 32.5 Å². The number of aryl methyl sites for hydroxylation is 2. The van der Waals surface area contributed by atoms with Crippen molar-refractivity contribution in [2.75, 3.05) is 0 Å². The minimum atomic E-state index is -5.09. The Hall–Kier alpha value is -1.73. The fourth-order valence-electron chi connectivity index (χ4n) is 4.39. The van der Waals surface area contributed by atoms with Crippen molar-refractivity contribution in [3.05, 3.63) is 87.2 Å². The second-order valence-electron chi connectivity index (χ2n) is 8.14. The van der Waals surface area contributed by atoms with Gasteiger partial charge in [-0.15, -0.1) is 0 Å². The van der Waals surface area contributed by atoms with Crippen molar-refractivity contribution in [2.24, 2.45) is 7.05 Å². The molecular weight excluding hydrogens is 536 g/mol. The average Bonchev–Trinajstić information content (AvgIpc) is 2.80. The first-order valence-electron chi connectivity index (χ1n) is 10.3. The van der Waals surface area contributed by atoms with Gasteiger partial charge in [0.25, 0.3) is 5.56 Å². The van der Waals surface area contributed by atoms with E-state index in [4.69, 9.17) is 0 Å². The molecular formula is C25H15NNa2O7S2. The number of hydrogen-bond donors (Lipinski definition) is 0. The number of hydrogen-bond acceptors (Lipinski definition) is 8. The molecule has 0 N–H and O–H groups in total. The van der Waals surface area contributed by atoms with Crippen LogP contribution in [0.2, 0.25) is 0 Å². The number of pyridine rings is 1. The Morgan fingerprint density at radius 1 is 0.919 bits per heavy atom. The summed E-state index contributed by atoms with van der Waals surface area (Å²) in [6, 6.07) is 13.5. The molecule has 8 nitrogen and oxygen atoms in total. The van der Waals surface area contributed by atoms with Crippen molar-refractivity contribution in [1.29, 1.82) is 0 Å². The average molecular weight is 552 g/mol. The molecule has 37 heavy (non-hydrogen) atoms. The number of benzene rings is 3. The molecule has 4 aromatic rings. The number of carbonyl (C=O) groups is 2. The third kappa shape index (κ3) is 5.03. The van der Waals surface area contributed by atoms with Gasteiger partial charge in [-0.1, -0.05) is 47.7 Å². The zero-order valence-electron chi connectivity index (χ0n) is 20.3. The maximum Gasteiger partial charge on any atom is 1.00 e. The molecule has 3 aromatic carbocycles. The summed E-state index contributed by atoms with van der Waals surface area (Å²) in [6.07, 6.45) is 0. The van der Waals surface area contributed by atoms with E-state index in [-0.39, 0.29) is 90.9 Å². The third-order valence-corrected chi connectivity index (χ3v) is 7.93. The first-order valence-corrected chi connectivity index (χ1v) is 12.5. The minimum Gasteiger partial charge on any atom is -0.744 e. The number of aromatic carboxylic acids is 1. The molecule has 5 rings (SSSR count). The first kappa shape index (κ1) is 29.8. The molecule has 0 unspecified atom stereocenters. The van der Waals surface area contributed by atoms with Crippen LogP contribution in [0.15, 0.2) is 74.1 Å². The third-order valence-electron chi connectivity index (χ3n) is 5.97.